The topological polar surface area (TPSA) is 12.9 Å². The van der Waals surface area contributed by atoms with E-state index in [0.29, 0.717) is 5.92 Å². The molecule has 3 rings (SSSR count). The summed E-state index contributed by atoms with van der Waals surface area (Å²) in [7, 11) is 0. The van der Waals surface area contributed by atoms with Gasteiger partial charge in [0.25, 0.3) is 0 Å². The van der Waals surface area contributed by atoms with Crippen LogP contribution >= 0.6 is 0 Å². The van der Waals surface area contributed by atoms with Crippen molar-refractivity contribution in [2.24, 2.45) is 0 Å². The van der Waals surface area contributed by atoms with Crippen molar-refractivity contribution in [2.45, 2.75) is 12.3 Å². The number of nitrogens with zero attached hydrogens (tertiary/aromatic N) is 1. The van der Waals surface area contributed by atoms with Gasteiger partial charge in [-0.05, 0) is 36.5 Å². The number of benzene rings is 1. The molecule has 2 aromatic rings. The Bertz CT molecular complexity index is 444. The predicted molar refractivity (Wildman–Crippen MR) is 53.4 cm³/mol. The fourth-order valence-corrected chi connectivity index (χ4v) is 1.63. The van der Waals surface area contributed by atoms with Crippen molar-refractivity contribution in [3.63, 3.8) is 0 Å². The summed E-state index contributed by atoms with van der Waals surface area (Å²) in [6.07, 6.45) is 5.53. The van der Waals surface area contributed by atoms with E-state index in [1.165, 1.54) is 17.4 Å². The van der Waals surface area contributed by atoms with Crippen LogP contribution in [0.25, 0.3) is 10.9 Å². The van der Waals surface area contributed by atoms with Gasteiger partial charge in [0, 0.05) is 11.6 Å². The van der Waals surface area contributed by atoms with Crippen LogP contribution in [0.5, 0.6) is 0 Å². The van der Waals surface area contributed by atoms with Crippen LogP contribution in [-0.2, 0) is 0 Å². The minimum atomic E-state index is 0.678. The number of hydrogen-bond donors (Lipinski definition) is 0. The van der Waals surface area contributed by atoms with E-state index in [9.17, 15) is 0 Å². The number of pyridine rings is 1. The van der Waals surface area contributed by atoms with E-state index in [4.69, 9.17) is 0 Å². The second-order valence-electron chi connectivity index (χ2n) is 3.54. The van der Waals surface area contributed by atoms with Gasteiger partial charge in [0.05, 0.1) is 5.52 Å². The first-order valence-electron chi connectivity index (χ1n) is 4.61. The minimum Gasteiger partial charge on any atom is -0.256 e. The monoisotopic (exact) mass is 168 g/mol. The molecule has 0 spiro atoms. The molecular weight excluding hydrogens is 158 g/mol. The van der Waals surface area contributed by atoms with Crippen molar-refractivity contribution >= 4 is 10.9 Å². The molecular formula is C12H10N. The van der Waals surface area contributed by atoms with Gasteiger partial charge in [-0.2, -0.15) is 0 Å². The summed E-state index contributed by atoms with van der Waals surface area (Å²) >= 11 is 0. The maximum absolute atomic E-state index is 4.42. The fraction of sp³-hybridized carbons (Fsp3) is 0.167. The Hall–Kier alpha value is -1.37. The highest BCUT2D eigenvalue weighted by Crippen LogP contribution is 2.39. The summed E-state index contributed by atoms with van der Waals surface area (Å²) in [5.41, 5.74) is 2.45. The molecule has 1 heteroatoms. The van der Waals surface area contributed by atoms with Gasteiger partial charge in [-0.1, -0.05) is 18.2 Å². The van der Waals surface area contributed by atoms with Gasteiger partial charge in [-0.25, -0.2) is 0 Å². The molecule has 0 amide bonds. The molecule has 1 unspecified atom stereocenters. The molecule has 1 aromatic carbocycles. The van der Waals surface area contributed by atoms with E-state index in [-0.39, 0.29) is 0 Å². The number of aromatic nitrogens is 1. The Balaban J connectivity index is 2.21. The minimum absolute atomic E-state index is 0.678. The normalized spacial score (nSPS) is 16.3. The van der Waals surface area contributed by atoms with Crippen molar-refractivity contribution in [1.29, 1.82) is 0 Å². The number of para-hydroxylation sites is 1. The first kappa shape index (κ1) is 7.07. The molecule has 13 heavy (non-hydrogen) atoms. The summed E-state index contributed by atoms with van der Waals surface area (Å²) in [5.74, 6) is 0.678. The molecule has 1 aromatic heterocycles. The van der Waals surface area contributed by atoms with E-state index in [1.807, 2.05) is 12.3 Å². The summed E-state index contributed by atoms with van der Waals surface area (Å²) < 4.78 is 0. The SMILES string of the molecule is [CH]1CC1c1cnc2ccccc2c1. The third kappa shape index (κ3) is 1.21. The molecule has 0 N–H and O–H groups in total. The van der Waals surface area contributed by atoms with E-state index in [0.717, 1.165) is 5.52 Å². The quantitative estimate of drug-likeness (QED) is 0.638. The van der Waals surface area contributed by atoms with E-state index in [1.54, 1.807) is 0 Å². The zero-order chi connectivity index (χ0) is 8.67. The molecule has 1 nitrogen and oxygen atoms in total. The lowest BCUT2D eigenvalue weighted by Gasteiger charge is -1.99. The Kier molecular flexibility index (Phi) is 1.39. The number of rotatable bonds is 1. The number of hydrogen-bond acceptors (Lipinski definition) is 1. The Morgan fingerprint density at radius 3 is 2.92 bits per heavy atom. The largest absolute Gasteiger partial charge is 0.256 e. The molecule has 1 heterocycles. The lowest BCUT2D eigenvalue weighted by molar-refractivity contribution is 1.14. The average Bonchev–Trinajstić information content (AvgIpc) is 3.00. The smallest absolute Gasteiger partial charge is 0.0702 e. The standard InChI is InChI=1S/C12H10N/c1-2-4-12-10(3-1)7-11(8-13-12)9-5-6-9/h1-5,7-9H,6H2. The Labute approximate surface area is 77.4 Å². The van der Waals surface area contributed by atoms with E-state index >= 15 is 0 Å². The van der Waals surface area contributed by atoms with Gasteiger partial charge in [0.15, 0.2) is 0 Å². The first-order chi connectivity index (χ1) is 6.43. The van der Waals surface area contributed by atoms with Gasteiger partial charge < -0.3 is 0 Å². The van der Waals surface area contributed by atoms with Crippen molar-refractivity contribution in [3.05, 3.63) is 48.5 Å². The number of fused-ring (bicyclic) bond motifs is 1. The first-order valence-corrected chi connectivity index (χ1v) is 4.61. The highest BCUT2D eigenvalue weighted by Gasteiger charge is 2.24. The zero-order valence-electron chi connectivity index (χ0n) is 7.27. The summed E-state index contributed by atoms with van der Waals surface area (Å²) in [6.45, 7) is 0. The zero-order valence-corrected chi connectivity index (χ0v) is 7.27. The lowest BCUT2D eigenvalue weighted by atomic mass is 10.1. The van der Waals surface area contributed by atoms with Crippen LogP contribution in [0.1, 0.15) is 17.9 Å². The molecule has 1 fully saturated rings. The van der Waals surface area contributed by atoms with Gasteiger partial charge in [0.1, 0.15) is 0 Å². The molecule has 1 atom stereocenters. The molecule has 0 aliphatic heterocycles. The van der Waals surface area contributed by atoms with Crippen LogP contribution in [0.3, 0.4) is 0 Å². The van der Waals surface area contributed by atoms with Crippen molar-refractivity contribution in [2.75, 3.05) is 0 Å². The highest BCUT2D eigenvalue weighted by atomic mass is 14.7. The van der Waals surface area contributed by atoms with Crippen LogP contribution in [0, 0.1) is 6.42 Å². The van der Waals surface area contributed by atoms with E-state index in [2.05, 4.69) is 35.7 Å². The van der Waals surface area contributed by atoms with Crippen LogP contribution in [-0.4, -0.2) is 4.98 Å². The molecule has 0 saturated heterocycles. The van der Waals surface area contributed by atoms with Crippen molar-refractivity contribution in [1.82, 2.24) is 4.98 Å². The third-order valence-corrected chi connectivity index (χ3v) is 2.51. The Morgan fingerprint density at radius 1 is 1.23 bits per heavy atom. The maximum Gasteiger partial charge on any atom is 0.0702 e. The molecule has 63 valence electrons. The van der Waals surface area contributed by atoms with Crippen LogP contribution < -0.4 is 0 Å². The Morgan fingerprint density at radius 2 is 2.08 bits per heavy atom. The highest BCUT2D eigenvalue weighted by molar-refractivity contribution is 5.79. The second-order valence-corrected chi connectivity index (χ2v) is 3.54. The predicted octanol–water partition coefficient (Wildman–Crippen LogP) is 2.93. The van der Waals surface area contributed by atoms with Gasteiger partial charge in [-0.15, -0.1) is 0 Å². The molecule has 1 aliphatic rings. The fourth-order valence-electron chi connectivity index (χ4n) is 1.63. The third-order valence-electron chi connectivity index (χ3n) is 2.51. The summed E-state index contributed by atoms with van der Waals surface area (Å²) in [4.78, 5) is 4.42. The lowest BCUT2D eigenvalue weighted by Crippen LogP contribution is -1.83. The molecule has 1 saturated carbocycles. The van der Waals surface area contributed by atoms with Crippen LogP contribution in [0.2, 0.25) is 0 Å². The molecule has 0 bridgehead atoms. The van der Waals surface area contributed by atoms with Crippen molar-refractivity contribution in [3.8, 4) is 0 Å². The van der Waals surface area contributed by atoms with Crippen LogP contribution in [0.15, 0.2) is 36.5 Å². The summed E-state index contributed by atoms with van der Waals surface area (Å²) in [5, 5.41) is 1.25. The average molecular weight is 168 g/mol. The maximum atomic E-state index is 4.42. The van der Waals surface area contributed by atoms with Crippen LogP contribution in [0.4, 0.5) is 0 Å². The van der Waals surface area contributed by atoms with Gasteiger partial charge in [-0.3, -0.25) is 4.98 Å². The van der Waals surface area contributed by atoms with Crippen molar-refractivity contribution < 1.29 is 0 Å². The molecule has 1 aliphatic carbocycles. The van der Waals surface area contributed by atoms with E-state index < -0.39 is 0 Å². The molecule has 1 radical (unpaired) electrons. The van der Waals surface area contributed by atoms with Gasteiger partial charge in [0.2, 0.25) is 0 Å². The second kappa shape index (κ2) is 2.56. The van der Waals surface area contributed by atoms with Gasteiger partial charge >= 0.3 is 0 Å². The summed E-state index contributed by atoms with van der Waals surface area (Å²) in [6, 6.07) is 10.5.